The Morgan fingerprint density at radius 2 is 1.94 bits per heavy atom. The van der Waals surface area contributed by atoms with Gasteiger partial charge in [-0.2, -0.15) is 0 Å². The fraction of sp³-hybridized carbons (Fsp3) is 0.786. The van der Waals surface area contributed by atoms with Crippen LogP contribution in [0.15, 0.2) is 12.2 Å². The molecule has 0 saturated heterocycles. The normalized spacial score (nSPS) is 31.0. The molecule has 0 spiro atoms. The maximum atomic E-state index is 11.6. The summed E-state index contributed by atoms with van der Waals surface area (Å²) < 4.78 is 5.53. The Balaban J connectivity index is 2.58. The summed E-state index contributed by atoms with van der Waals surface area (Å²) in [6.45, 7) is 4.13. The molecular formula is C14H24O2. The van der Waals surface area contributed by atoms with Gasteiger partial charge in [-0.15, -0.1) is 0 Å². The lowest BCUT2D eigenvalue weighted by Crippen LogP contribution is -2.30. The van der Waals surface area contributed by atoms with E-state index in [1.54, 1.807) is 6.08 Å². The molecule has 1 heterocycles. The summed E-state index contributed by atoms with van der Waals surface area (Å²) in [6.07, 6.45) is 12.6. The summed E-state index contributed by atoms with van der Waals surface area (Å²) in [5.41, 5.74) is -0.263. The van der Waals surface area contributed by atoms with Crippen molar-refractivity contribution in [2.75, 3.05) is 0 Å². The van der Waals surface area contributed by atoms with Crippen molar-refractivity contribution >= 4 is 5.97 Å². The van der Waals surface area contributed by atoms with Crippen LogP contribution in [0.4, 0.5) is 0 Å². The molecule has 2 nitrogen and oxygen atoms in total. The second-order valence-corrected chi connectivity index (χ2v) is 4.93. The van der Waals surface area contributed by atoms with E-state index in [4.69, 9.17) is 4.74 Å². The first-order chi connectivity index (χ1) is 7.66. The van der Waals surface area contributed by atoms with E-state index in [2.05, 4.69) is 6.92 Å². The molecule has 0 aromatic carbocycles. The molecule has 0 N–H and O–H groups in total. The van der Waals surface area contributed by atoms with Crippen LogP contribution in [0.5, 0.6) is 0 Å². The van der Waals surface area contributed by atoms with Crippen molar-refractivity contribution in [3.63, 3.8) is 0 Å². The monoisotopic (exact) mass is 224 g/mol. The first-order valence-electron chi connectivity index (χ1n) is 6.56. The predicted molar refractivity (Wildman–Crippen MR) is 66.2 cm³/mol. The van der Waals surface area contributed by atoms with Crippen LogP contribution < -0.4 is 0 Å². The second kappa shape index (κ2) is 6.72. The van der Waals surface area contributed by atoms with E-state index < -0.39 is 0 Å². The number of allylic oxidation sites excluding steroid dienone is 1. The lowest BCUT2D eigenvalue weighted by molar-refractivity contribution is -0.153. The number of carbonyl (C=O) groups excluding carboxylic acids is 1. The van der Waals surface area contributed by atoms with E-state index in [1.165, 1.54) is 32.1 Å². The minimum absolute atomic E-state index is 0.176. The Labute approximate surface area is 99.1 Å². The number of carbonyl (C=O) groups is 1. The standard InChI is InChI=1S/C14H24O2/c1-3-14(2)12-10-8-6-4-5-7-9-11-13(15)16-14/h9,11H,3-8,10,12H2,1-2H3/b11-9+. The van der Waals surface area contributed by atoms with Gasteiger partial charge in [0.25, 0.3) is 0 Å². The molecule has 0 amide bonds. The van der Waals surface area contributed by atoms with Crippen molar-refractivity contribution < 1.29 is 9.53 Å². The largest absolute Gasteiger partial charge is 0.456 e. The van der Waals surface area contributed by atoms with Crippen LogP contribution in [0.25, 0.3) is 0 Å². The van der Waals surface area contributed by atoms with Crippen LogP contribution in [0.1, 0.15) is 65.2 Å². The fourth-order valence-electron chi connectivity index (χ4n) is 2.05. The van der Waals surface area contributed by atoms with Gasteiger partial charge in [0.1, 0.15) is 5.60 Å². The van der Waals surface area contributed by atoms with Gasteiger partial charge in [-0.25, -0.2) is 4.79 Å². The highest BCUT2D eigenvalue weighted by atomic mass is 16.6. The van der Waals surface area contributed by atoms with Crippen molar-refractivity contribution in [1.29, 1.82) is 0 Å². The van der Waals surface area contributed by atoms with Gasteiger partial charge in [0.2, 0.25) is 0 Å². The molecule has 1 aliphatic rings. The summed E-state index contributed by atoms with van der Waals surface area (Å²) in [4.78, 5) is 11.6. The average Bonchev–Trinajstić information content (AvgIpc) is 2.25. The van der Waals surface area contributed by atoms with Gasteiger partial charge < -0.3 is 4.74 Å². The summed E-state index contributed by atoms with van der Waals surface area (Å²) in [5.74, 6) is -0.176. The quantitative estimate of drug-likeness (QED) is 0.629. The highest BCUT2D eigenvalue weighted by Crippen LogP contribution is 2.24. The molecule has 0 saturated carbocycles. The zero-order valence-electron chi connectivity index (χ0n) is 10.6. The first kappa shape index (κ1) is 13.3. The summed E-state index contributed by atoms with van der Waals surface area (Å²) in [7, 11) is 0. The van der Waals surface area contributed by atoms with Crippen LogP contribution in [0.2, 0.25) is 0 Å². The van der Waals surface area contributed by atoms with Gasteiger partial charge in [0.05, 0.1) is 0 Å². The number of hydrogen-bond acceptors (Lipinski definition) is 2. The van der Waals surface area contributed by atoms with Gasteiger partial charge >= 0.3 is 5.97 Å². The third-order valence-corrected chi connectivity index (χ3v) is 3.43. The van der Waals surface area contributed by atoms with Crippen molar-refractivity contribution in [1.82, 2.24) is 0 Å². The number of esters is 1. The Morgan fingerprint density at radius 3 is 2.69 bits per heavy atom. The molecule has 1 atom stereocenters. The maximum Gasteiger partial charge on any atom is 0.330 e. The van der Waals surface area contributed by atoms with Crippen molar-refractivity contribution in [3.05, 3.63) is 12.2 Å². The second-order valence-electron chi connectivity index (χ2n) is 4.93. The van der Waals surface area contributed by atoms with Crippen LogP contribution in [-0.4, -0.2) is 11.6 Å². The third-order valence-electron chi connectivity index (χ3n) is 3.43. The lowest BCUT2D eigenvalue weighted by Gasteiger charge is -2.28. The van der Waals surface area contributed by atoms with E-state index in [-0.39, 0.29) is 11.6 Å². The molecule has 0 aromatic heterocycles. The summed E-state index contributed by atoms with van der Waals surface area (Å²) in [6, 6.07) is 0. The zero-order valence-corrected chi connectivity index (χ0v) is 10.6. The number of rotatable bonds is 1. The van der Waals surface area contributed by atoms with Crippen LogP contribution in [0, 0.1) is 0 Å². The molecule has 0 fully saturated rings. The molecule has 0 bridgehead atoms. The molecule has 2 heteroatoms. The summed E-state index contributed by atoms with van der Waals surface area (Å²) in [5, 5.41) is 0. The third kappa shape index (κ3) is 4.82. The Hall–Kier alpha value is -0.790. The van der Waals surface area contributed by atoms with Gasteiger partial charge in [-0.1, -0.05) is 32.3 Å². The molecular weight excluding hydrogens is 200 g/mol. The molecule has 16 heavy (non-hydrogen) atoms. The first-order valence-corrected chi connectivity index (χ1v) is 6.56. The van der Waals surface area contributed by atoms with Crippen LogP contribution in [-0.2, 0) is 9.53 Å². The van der Waals surface area contributed by atoms with Crippen LogP contribution in [0.3, 0.4) is 0 Å². The van der Waals surface area contributed by atoms with E-state index in [0.717, 1.165) is 19.3 Å². The van der Waals surface area contributed by atoms with Gasteiger partial charge in [0, 0.05) is 6.08 Å². The molecule has 0 radical (unpaired) electrons. The molecule has 1 rings (SSSR count). The highest BCUT2D eigenvalue weighted by molar-refractivity contribution is 5.82. The number of cyclic esters (lactones) is 1. The van der Waals surface area contributed by atoms with Crippen molar-refractivity contribution in [3.8, 4) is 0 Å². The zero-order chi connectivity index (χ0) is 11.9. The van der Waals surface area contributed by atoms with E-state index in [9.17, 15) is 4.79 Å². The van der Waals surface area contributed by atoms with Gasteiger partial charge in [-0.3, -0.25) is 0 Å². The predicted octanol–water partition coefficient (Wildman–Crippen LogP) is 4.00. The molecule has 0 aliphatic carbocycles. The Bertz CT molecular complexity index is 245. The van der Waals surface area contributed by atoms with E-state index >= 15 is 0 Å². The minimum atomic E-state index is -0.263. The molecule has 1 aliphatic heterocycles. The SMILES string of the molecule is CCC1(C)CCCCCCC/C=C/C(=O)O1. The average molecular weight is 224 g/mol. The van der Waals surface area contributed by atoms with Crippen molar-refractivity contribution in [2.24, 2.45) is 0 Å². The Kier molecular flexibility index (Phi) is 5.58. The summed E-state index contributed by atoms with van der Waals surface area (Å²) >= 11 is 0. The molecule has 0 aromatic rings. The van der Waals surface area contributed by atoms with Crippen molar-refractivity contribution in [2.45, 2.75) is 70.8 Å². The highest BCUT2D eigenvalue weighted by Gasteiger charge is 2.25. The van der Waals surface area contributed by atoms with E-state index in [0.29, 0.717) is 0 Å². The minimum Gasteiger partial charge on any atom is -0.456 e. The fourth-order valence-corrected chi connectivity index (χ4v) is 2.05. The smallest absolute Gasteiger partial charge is 0.330 e. The van der Waals surface area contributed by atoms with E-state index in [1.807, 2.05) is 13.0 Å². The topological polar surface area (TPSA) is 26.3 Å². The molecule has 92 valence electrons. The maximum absolute atomic E-state index is 11.6. The van der Waals surface area contributed by atoms with Gasteiger partial charge in [-0.05, 0) is 39.0 Å². The van der Waals surface area contributed by atoms with Gasteiger partial charge in [0.15, 0.2) is 0 Å². The van der Waals surface area contributed by atoms with Crippen LogP contribution >= 0.6 is 0 Å². The molecule has 1 unspecified atom stereocenters. The Morgan fingerprint density at radius 1 is 1.25 bits per heavy atom. The lowest BCUT2D eigenvalue weighted by atomic mass is 9.94. The number of hydrogen-bond donors (Lipinski definition) is 0. The number of ether oxygens (including phenoxy) is 1.